The van der Waals surface area contributed by atoms with Gasteiger partial charge < -0.3 is 15.6 Å². The summed E-state index contributed by atoms with van der Waals surface area (Å²) in [6, 6.07) is 5.29. The van der Waals surface area contributed by atoms with Gasteiger partial charge in [-0.15, -0.1) is 0 Å². The third-order valence-electron chi connectivity index (χ3n) is 3.44. The van der Waals surface area contributed by atoms with Crippen molar-refractivity contribution in [1.82, 2.24) is 0 Å². The number of rotatable bonds is 6. The van der Waals surface area contributed by atoms with E-state index in [1.54, 1.807) is 18.2 Å². The predicted octanol–water partition coefficient (Wildman–Crippen LogP) is 2.88. The maximum atomic E-state index is 11.5. The smallest absolute Gasteiger partial charge is 0.311 e. The molecule has 18 heavy (non-hydrogen) atoms. The van der Waals surface area contributed by atoms with Gasteiger partial charge in [0.2, 0.25) is 0 Å². The zero-order valence-electron chi connectivity index (χ0n) is 11.1. The molecule has 1 aromatic carbocycles. The topological polar surface area (TPSA) is 72.5 Å². The number of nitrogen functional groups attached to an aromatic ring is 1. The van der Waals surface area contributed by atoms with Gasteiger partial charge in [0.05, 0.1) is 18.7 Å². The highest BCUT2D eigenvalue weighted by Gasteiger charge is 2.29. The van der Waals surface area contributed by atoms with E-state index < -0.39 is 11.9 Å². The Kier molecular flexibility index (Phi) is 5.01. The largest absolute Gasteiger partial charge is 0.495 e. The number of nitrogens with two attached hydrogens (primary N) is 1. The van der Waals surface area contributed by atoms with E-state index in [-0.39, 0.29) is 5.92 Å². The van der Waals surface area contributed by atoms with Crippen molar-refractivity contribution in [3.05, 3.63) is 23.8 Å². The first-order chi connectivity index (χ1) is 8.56. The number of aliphatic carboxylic acids is 1. The van der Waals surface area contributed by atoms with Gasteiger partial charge in [0.25, 0.3) is 0 Å². The lowest BCUT2D eigenvalue weighted by atomic mass is 9.82. The first-order valence-corrected chi connectivity index (χ1v) is 6.21. The fraction of sp³-hybridized carbons (Fsp3) is 0.500. The zero-order valence-corrected chi connectivity index (χ0v) is 11.1. The Morgan fingerprint density at radius 2 is 2.00 bits per heavy atom. The summed E-state index contributed by atoms with van der Waals surface area (Å²) in [4.78, 5) is 11.5. The number of hydrogen-bond donors (Lipinski definition) is 2. The Morgan fingerprint density at radius 1 is 1.39 bits per heavy atom. The summed E-state index contributed by atoms with van der Waals surface area (Å²) in [5, 5.41) is 9.45. The highest BCUT2D eigenvalue weighted by molar-refractivity contribution is 5.80. The number of carboxylic acids is 1. The maximum absolute atomic E-state index is 11.5. The number of hydrogen-bond acceptors (Lipinski definition) is 3. The van der Waals surface area contributed by atoms with E-state index in [9.17, 15) is 9.90 Å². The number of para-hydroxylation sites is 1. The molecule has 0 aliphatic carbocycles. The predicted molar refractivity (Wildman–Crippen MR) is 71.9 cm³/mol. The van der Waals surface area contributed by atoms with Crippen LogP contribution >= 0.6 is 0 Å². The van der Waals surface area contributed by atoms with Crippen LogP contribution in [0.1, 0.15) is 38.2 Å². The maximum Gasteiger partial charge on any atom is 0.311 e. The van der Waals surface area contributed by atoms with Crippen LogP contribution in [-0.2, 0) is 4.79 Å². The van der Waals surface area contributed by atoms with Gasteiger partial charge in [0.15, 0.2) is 0 Å². The molecule has 1 atom stereocenters. The number of benzene rings is 1. The van der Waals surface area contributed by atoms with Crippen molar-refractivity contribution in [3.8, 4) is 5.75 Å². The molecule has 4 nitrogen and oxygen atoms in total. The van der Waals surface area contributed by atoms with Crippen molar-refractivity contribution in [2.45, 2.75) is 32.6 Å². The minimum absolute atomic E-state index is 0.0805. The molecule has 0 spiro atoms. The summed E-state index contributed by atoms with van der Waals surface area (Å²) in [6.07, 6.45) is 1.62. The third-order valence-corrected chi connectivity index (χ3v) is 3.44. The molecule has 4 heteroatoms. The Labute approximate surface area is 108 Å². The molecule has 0 heterocycles. The van der Waals surface area contributed by atoms with Crippen molar-refractivity contribution in [2.75, 3.05) is 12.8 Å². The molecule has 0 radical (unpaired) electrons. The summed E-state index contributed by atoms with van der Waals surface area (Å²) in [5.74, 6) is -0.791. The third kappa shape index (κ3) is 2.75. The van der Waals surface area contributed by atoms with E-state index in [1.807, 2.05) is 13.8 Å². The van der Waals surface area contributed by atoms with Crippen LogP contribution in [0.4, 0.5) is 5.69 Å². The van der Waals surface area contributed by atoms with Gasteiger partial charge in [-0.3, -0.25) is 4.79 Å². The Balaban J connectivity index is 3.26. The molecular formula is C14H21NO3. The Morgan fingerprint density at radius 3 is 2.44 bits per heavy atom. The second-order valence-corrected chi connectivity index (χ2v) is 4.36. The summed E-state index contributed by atoms with van der Waals surface area (Å²) in [7, 11) is 1.53. The summed E-state index contributed by atoms with van der Waals surface area (Å²) < 4.78 is 5.14. The normalized spacial score (nSPS) is 12.4. The molecule has 0 amide bonds. The second-order valence-electron chi connectivity index (χ2n) is 4.36. The van der Waals surface area contributed by atoms with Crippen molar-refractivity contribution >= 4 is 11.7 Å². The van der Waals surface area contributed by atoms with Gasteiger partial charge >= 0.3 is 5.97 Å². The average Bonchev–Trinajstić information content (AvgIpc) is 2.36. The number of carbonyl (C=O) groups is 1. The lowest BCUT2D eigenvalue weighted by Gasteiger charge is -2.23. The summed E-state index contributed by atoms with van der Waals surface area (Å²) >= 11 is 0. The molecule has 0 aromatic heterocycles. The average molecular weight is 251 g/mol. The van der Waals surface area contributed by atoms with Gasteiger partial charge in [-0.2, -0.15) is 0 Å². The Hall–Kier alpha value is -1.71. The van der Waals surface area contributed by atoms with Gasteiger partial charge in [-0.1, -0.05) is 38.8 Å². The number of methoxy groups -OCH3 is 1. The summed E-state index contributed by atoms with van der Waals surface area (Å²) in [5.41, 5.74) is 7.07. The molecular weight excluding hydrogens is 230 g/mol. The molecule has 0 fully saturated rings. The standard InChI is InChI=1S/C14H21NO3/c1-4-9(5-2)12(14(16)17)10-7-6-8-11(18-3)13(10)15/h6-9,12H,4-5,15H2,1-3H3,(H,16,17). The SMILES string of the molecule is CCC(CC)C(C(=O)O)c1cccc(OC)c1N. The van der Waals surface area contributed by atoms with Crippen molar-refractivity contribution < 1.29 is 14.6 Å². The number of anilines is 1. The van der Waals surface area contributed by atoms with Crippen LogP contribution < -0.4 is 10.5 Å². The molecule has 3 N–H and O–H groups in total. The highest BCUT2D eigenvalue weighted by atomic mass is 16.5. The second kappa shape index (κ2) is 6.28. The Bertz CT molecular complexity index is 414. The van der Waals surface area contributed by atoms with E-state index in [4.69, 9.17) is 10.5 Å². The fourth-order valence-corrected chi connectivity index (χ4v) is 2.36. The molecule has 0 bridgehead atoms. The molecule has 0 saturated heterocycles. The van der Waals surface area contributed by atoms with Crippen LogP contribution in [0, 0.1) is 5.92 Å². The number of ether oxygens (including phenoxy) is 1. The molecule has 0 aliphatic rings. The quantitative estimate of drug-likeness (QED) is 0.762. The zero-order chi connectivity index (χ0) is 13.7. The summed E-state index contributed by atoms with van der Waals surface area (Å²) in [6.45, 7) is 4.00. The molecule has 1 unspecified atom stereocenters. The van der Waals surface area contributed by atoms with Crippen molar-refractivity contribution in [3.63, 3.8) is 0 Å². The fourth-order valence-electron chi connectivity index (χ4n) is 2.36. The first-order valence-electron chi connectivity index (χ1n) is 6.21. The minimum Gasteiger partial charge on any atom is -0.495 e. The van der Waals surface area contributed by atoms with Gasteiger partial charge in [0.1, 0.15) is 5.75 Å². The van der Waals surface area contributed by atoms with Crippen LogP contribution in [0.2, 0.25) is 0 Å². The lowest BCUT2D eigenvalue weighted by Crippen LogP contribution is -2.22. The van der Waals surface area contributed by atoms with E-state index in [1.165, 1.54) is 7.11 Å². The number of carboxylic acid groups (broad SMARTS) is 1. The molecule has 1 rings (SSSR count). The van der Waals surface area contributed by atoms with Crippen LogP contribution in [0.3, 0.4) is 0 Å². The molecule has 0 saturated carbocycles. The molecule has 1 aromatic rings. The van der Waals surface area contributed by atoms with Crippen molar-refractivity contribution in [2.24, 2.45) is 5.92 Å². The molecule has 100 valence electrons. The lowest BCUT2D eigenvalue weighted by molar-refractivity contribution is -0.140. The van der Waals surface area contributed by atoms with Crippen LogP contribution in [-0.4, -0.2) is 18.2 Å². The van der Waals surface area contributed by atoms with Crippen molar-refractivity contribution in [1.29, 1.82) is 0 Å². The molecule has 0 aliphatic heterocycles. The van der Waals surface area contributed by atoms with Gasteiger partial charge in [-0.25, -0.2) is 0 Å². The minimum atomic E-state index is -0.830. The van der Waals surface area contributed by atoms with Crippen LogP contribution in [0.15, 0.2) is 18.2 Å². The van der Waals surface area contributed by atoms with Crippen LogP contribution in [0.25, 0.3) is 0 Å². The van der Waals surface area contributed by atoms with E-state index in [2.05, 4.69) is 0 Å². The first kappa shape index (κ1) is 14.4. The van der Waals surface area contributed by atoms with E-state index in [0.717, 1.165) is 12.8 Å². The van der Waals surface area contributed by atoms with Gasteiger partial charge in [-0.05, 0) is 17.5 Å². The highest BCUT2D eigenvalue weighted by Crippen LogP contribution is 2.37. The van der Waals surface area contributed by atoms with Gasteiger partial charge in [0, 0.05) is 0 Å². The van der Waals surface area contributed by atoms with E-state index >= 15 is 0 Å². The van der Waals surface area contributed by atoms with E-state index in [0.29, 0.717) is 17.0 Å². The van der Waals surface area contributed by atoms with Crippen LogP contribution in [0.5, 0.6) is 5.75 Å². The monoisotopic (exact) mass is 251 g/mol.